The lowest BCUT2D eigenvalue weighted by molar-refractivity contribution is -0.138. The molecule has 2 aliphatic rings. The van der Waals surface area contributed by atoms with E-state index in [1.54, 1.807) is 11.8 Å². The molecule has 1 fully saturated rings. The molecule has 0 aromatic rings. The van der Waals surface area contributed by atoms with E-state index < -0.39 is 12.0 Å². The van der Waals surface area contributed by atoms with E-state index in [1.165, 1.54) is 0 Å². The van der Waals surface area contributed by atoms with Gasteiger partial charge in [0.2, 0.25) is 0 Å². The number of aliphatic imine (C=N–C) groups is 1. The smallest absolute Gasteiger partial charge is 0.330 e. The molecule has 0 amide bonds. The van der Waals surface area contributed by atoms with E-state index in [4.69, 9.17) is 5.11 Å². The van der Waals surface area contributed by atoms with Crippen molar-refractivity contribution in [2.24, 2.45) is 4.99 Å². The molecule has 0 radical (unpaired) electrons. The second kappa shape index (κ2) is 3.53. The maximum Gasteiger partial charge on any atom is 0.330 e. The number of halogens is 1. The molecule has 0 aromatic carbocycles. The molecule has 6 heteroatoms. The van der Waals surface area contributed by atoms with Gasteiger partial charge in [-0.25, -0.2) is 9.79 Å². The summed E-state index contributed by atoms with van der Waals surface area (Å²) in [4.78, 5) is 16.6. The number of fused-ring (bicyclic) bond motifs is 1. The average molecular weight is 209 g/mol. The summed E-state index contributed by atoms with van der Waals surface area (Å²) < 4.78 is 0. The monoisotopic (exact) mass is 208 g/mol. The first-order valence-electron chi connectivity index (χ1n) is 3.46. The lowest BCUT2D eigenvalue weighted by Gasteiger charge is -2.09. The van der Waals surface area contributed by atoms with Gasteiger partial charge in [0, 0.05) is 12.3 Å². The number of thioether (sulfide) groups is 1. The van der Waals surface area contributed by atoms with Crippen LogP contribution in [0.4, 0.5) is 0 Å². The number of carboxylic acids is 1. The number of carbonyl (C=O) groups is 1. The Bertz CT molecular complexity index is 234. The summed E-state index contributed by atoms with van der Waals surface area (Å²) >= 11 is 1.65. The number of amidine groups is 1. The van der Waals surface area contributed by atoms with Crippen LogP contribution in [0.5, 0.6) is 0 Å². The molecule has 1 saturated heterocycles. The van der Waals surface area contributed by atoms with E-state index in [-0.39, 0.29) is 12.4 Å². The first-order valence-corrected chi connectivity index (χ1v) is 4.44. The highest BCUT2D eigenvalue weighted by atomic mass is 35.5. The maximum absolute atomic E-state index is 10.5. The third kappa shape index (κ3) is 1.51. The van der Waals surface area contributed by atoms with Gasteiger partial charge in [-0.3, -0.25) is 0 Å². The Morgan fingerprint density at radius 3 is 3.08 bits per heavy atom. The van der Waals surface area contributed by atoms with Gasteiger partial charge in [0.15, 0.2) is 11.2 Å². The van der Waals surface area contributed by atoms with E-state index in [0.717, 1.165) is 17.5 Å². The van der Waals surface area contributed by atoms with Gasteiger partial charge < -0.3 is 10.0 Å². The zero-order chi connectivity index (χ0) is 7.84. The van der Waals surface area contributed by atoms with Crippen molar-refractivity contribution < 1.29 is 9.90 Å². The summed E-state index contributed by atoms with van der Waals surface area (Å²) in [6.45, 7) is 1.52. The molecule has 1 atom stereocenters. The second-order valence-corrected chi connectivity index (χ2v) is 3.62. The van der Waals surface area contributed by atoms with E-state index in [0.29, 0.717) is 6.54 Å². The van der Waals surface area contributed by atoms with Crippen LogP contribution in [0.15, 0.2) is 4.99 Å². The highest BCUT2D eigenvalue weighted by Crippen LogP contribution is 2.24. The molecule has 0 aliphatic carbocycles. The highest BCUT2D eigenvalue weighted by molar-refractivity contribution is 8.14. The fraction of sp³-hybridized carbons (Fsp3) is 0.667. The van der Waals surface area contributed by atoms with Crippen LogP contribution in [0.1, 0.15) is 0 Å². The largest absolute Gasteiger partial charge is 0.480 e. The fourth-order valence-corrected chi connectivity index (χ4v) is 2.28. The average Bonchev–Trinajstić information content (AvgIpc) is 2.40. The Kier molecular flexibility index (Phi) is 2.85. The van der Waals surface area contributed by atoms with Gasteiger partial charge in [0.05, 0.1) is 6.54 Å². The van der Waals surface area contributed by atoms with Crippen molar-refractivity contribution in [3.8, 4) is 0 Å². The quantitative estimate of drug-likeness (QED) is 0.673. The first kappa shape index (κ1) is 9.67. The Morgan fingerprint density at radius 2 is 2.50 bits per heavy atom. The summed E-state index contributed by atoms with van der Waals surface area (Å²) in [5.41, 5.74) is 0. The van der Waals surface area contributed by atoms with Crippen molar-refractivity contribution in [3.05, 3.63) is 0 Å². The van der Waals surface area contributed by atoms with Crippen molar-refractivity contribution in [1.29, 1.82) is 0 Å². The van der Waals surface area contributed by atoms with Crippen LogP contribution in [0.2, 0.25) is 0 Å². The molecule has 12 heavy (non-hydrogen) atoms. The Balaban J connectivity index is 0.000000720. The molecule has 2 rings (SSSR count). The summed E-state index contributed by atoms with van der Waals surface area (Å²) in [6, 6.07) is -0.516. The maximum atomic E-state index is 10.5. The fourth-order valence-electron chi connectivity index (χ4n) is 1.24. The summed E-state index contributed by atoms with van der Waals surface area (Å²) in [6.07, 6.45) is 0. The van der Waals surface area contributed by atoms with Gasteiger partial charge in [-0.05, 0) is 0 Å². The van der Waals surface area contributed by atoms with Gasteiger partial charge in [-0.1, -0.05) is 11.8 Å². The normalized spacial score (nSPS) is 26.2. The van der Waals surface area contributed by atoms with E-state index in [1.807, 2.05) is 4.90 Å². The van der Waals surface area contributed by atoms with Crippen LogP contribution in [0.3, 0.4) is 0 Å². The summed E-state index contributed by atoms with van der Waals surface area (Å²) in [5, 5.41) is 9.54. The Hall–Kier alpha value is -0.420. The molecule has 1 unspecified atom stereocenters. The molecule has 0 saturated carbocycles. The van der Waals surface area contributed by atoms with Crippen molar-refractivity contribution in [2.45, 2.75) is 6.04 Å². The number of nitrogens with zero attached hydrogens (tertiary/aromatic N) is 2. The molecular formula is C6H9ClN2O2S. The van der Waals surface area contributed by atoms with E-state index >= 15 is 0 Å². The minimum atomic E-state index is -0.812. The van der Waals surface area contributed by atoms with Crippen LogP contribution in [-0.2, 0) is 4.79 Å². The minimum absolute atomic E-state index is 0. The molecule has 2 aliphatic heterocycles. The number of hydrogen-bond acceptors (Lipinski definition) is 4. The predicted octanol–water partition coefficient (Wildman–Crippen LogP) is 0.280. The van der Waals surface area contributed by atoms with Crippen molar-refractivity contribution in [1.82, 2.24) is 4.90 Å². The van der Waals surface area contributed by atoms with Crippen LogP contribution in [0.25, 0.3) is 0 Å². The topological polar surface area (TPSA) is 52.9 Å². The molecule has 1 N–H and O–H groups in total. The lowest BCUT2D eigenvalue weighted by atomic mass is 10.3. The standard InChI is InChI=1S/C6H8N2O2S.ClH/c9-5(10)4-3-8-1-2-11-6(8)7-4;/h4H,1-3H2,(H,9,10);1H. The minimum Gasteiger partial charge on any atom is -0.480 e. The molecule has 4 nitrogen and oxygen atoms in total. The number of aliphatic carboxylic acids is 1. The number of hydrogen-bond donors (Lipinski definition) is 1. The second-order valence-electron chi connectivity index (χ2n) is 2.56. The van der Waals surface area contributed by atoms with Crippen LogP contribution >= 0.6 is 24.2 Å². The van der Waals surface area contributed by atoms with Gasteiger partial charge in [-0.2, -0.15) is 0 Å². The molecule has 0 spiro atoms. The van der Waals surface area contributed by atoms with Gasteiger partial charge in [0.1, 0.15) is 0 Å². The van der Waals surface area contributed by atoms with Crippen LogP contribution < -0.4 is 0 Å². The van der Waals surface area contributed by atoms with Crippen LogP contribution in [0, 0.1) is 0 Å². The van der Waals surface area contributed by atoms with E-state index in [9.17, 15) is 4.79 Å². The Labute approximate surface area is 80.4 Å². The molecule has 0 bridgehead atoms. The summed E-state index contributed by atoms with van der Waals surface area (Å²) in [7, 11) is 0. The van der Waals surface area contributed by atoms with Crippen LogP contribution in [-0.4, -0.2) is 46.0 Å². The number of carboxylic acid groups (broad SMARTS) is 1. The van der Waals surface area contributed by atoms with Gasteiger partial charge >= 0.3 is 5.97 Å². The summed E-state index contributed by atoms with van der Waals surface area (Å²) in [5.74, 6) is 0.234. The third-order valence-electron chi connectivity index (χ3n) is 1.81. The first-order chi connectivity index (χ1) is 5.27. The molecule has 0 aromatic heterocycles. The SMILES string of the molecule is Cl.O=C(O)C1CN2CCSC2=N1. The van der Waals surface area contributed by atoms with Crippen molar-refractivity contribution >= 4 is 35.3 Å². The van der Waals surface area contributed by atoms with Gasteiger partial charge in [0.25, 0.3) is 0 Å². The zero-order valence-corrected chi connectivity index (χ0v) is 7.90. The highest BCUT2D eigenvalue weighted by Gasteiger charge is 2.32. The molecular weight excluding hydrogens is 200 g/mol. The lowest BCUT2D eigenvalue weighted by Crippen LogP contribution is -2.28. The number of rotatable bonds is 1. The van der Waals surface area contributed by atoms with Crippen molar-refractivity contribution in [3.63, 3.8) is 0 Å². The zero-order valence-electron chi connectivity index (χ0n) is 6.27. The van der Waals surface area contributed by atoms with Gasteiger partial charge in [-0.15, -0.1) is 12.4 Å². The Morgan fingerprint density at radius 1 is 1.75 bits per heavy atom. The predicted molar refractivity (Wildman–Crippen MR) is 50.1 cm³/mol. The molecule has 2 heterocycles. The van der Waals surface area contributed by atoms with Crippen molar-refractivity contribution in [2.75, 3.05) is 18.8 Å². The third-order valence-corrected chi connectivity index (χ3v) is 2.82. The van der Waals surface area contributed by atoms with E-state index in [2.05, 4.69) is 4.99 Å². The molecule has 68 valence electrons.